The summed E-state index contributed by atoms with van der Waals surface area (Å²) in [5, 5.41) is 49.0. The van der Waals surface area contributed by atoms with Crippen LogP contribution in [0.15, 0.2) is 39.7 Å². The summed E-state index contributed by atoms with van der Waals surface area (Å²) in [7, 11) is 1.71. The summed E-state index contributed by atoms with van der Waals surface area (Å²) in [6.45, 7) is 6.31. The summed E-state index contributed by atoms with van der Waals surface area (Å²) in [6.07, 6.45) is 16.2. The second kappa shape index (κ2) is 21.9. The standard InChI is InChI=1S/C50H78N6O6/c1-30(25-55-50(52)53-3)7-15-40-35-12-8-32(19-36(40)22-38(51)21-35)11-18-48-37(28-57)23-39(62-48)14-9-33-10-17-46(59)49(20-33)61-29-47(60)45-24-42-43(27-54-26-31(2)58)41-6-4-5-34(41)13-16-44(42)56-45/h10,17,20,23-24,30-32,34-36,38,40-41,43,47,54,56-60H,4-9,11-16,18-19,21-22,25-29,51H2,1-3H3,(H3,52,53,55). The first-order valence-corrected chi connectivity index (χ1v) is 24.1. The summed E-state index contributed by atoms with van der Waals surface area (Å²) in [5.41, 5.74) is 17.6. The van der Waals surface area contributed by atoms with Gasteiger partial charge in [0.1, 0.15) is 24.2 Å². The fourth-order valence-electron chi connectivity index (χ4n) is 12.0. The number of rotatable bonds is 20. The van der Waals surface area contributed by atoms with Gasteiger partial charge in [-0.1, -0.05) is 32.3 Å². The Labute approximate surface area is 370 Å². The number of phenolic OH excluding ortho intramolecular Hbond substituents is 1. The van der Waals surface area contributed by atoms with Gasteiger partial charge < -0.3 is 56.7 Å². The van der Waals surface area contributed by atoms with Gasteiger partial charge in [-0.05, 0) is 154 Å². The molecule has 0 aliphatic heterocycles. The van der Waals surface area contributed by atoms with E-state index in [0.717, 1.165) is 91.8 Å². The van der Waals surface area contributed by atoms with Crippen molar-refractivity contribution in [2.45, 2.75) is 147 Å². The molecule has 11 N–H and O–H groups in total. The zero-order valence-electron chi connectivity index (χ0n) is 37.8. The molecule has 12 nitrogen and oxygen atoms in total. The maximum Gasteiger partial charge on any atom is 0.188 e. The Morgan fingerprint density at radius 1 is 0.968 bits per heavy atom. The van der Waals surface area contributed by atoms with Gasteiger partial charge in [0, 0.05) is 68.4 Å². The molecule has 3 saturated carbocycles. The fraction of sp³-hybridized carbons (Fsp3) is 0.700. The number of furan rings is 1. The summed E-state index contributed by atoms with van der Waals surface area (Å²) in [4.78, 5) is 7.58. The average molecular weight is 859 g/mol. The lowest BCUT2D eigenvalue weighted by Gasteiger charge is -2.40. The van der Waals surface area contributed by atoms with Crippen LogP contribution < -0.4 is 26.8 Å². The van der Waals surface area contributed by atoms with Crippen LogP contribution in [0, 0.1) is 41.4 Å². The van der Waals surface area contributed by atoms with Gasteiger partial charge in [-0.15, -0.1) is 0 Å². The van der Waals surface area contributed by atoms with Crippen molar-refractivity contribution in [2.75, 3.05) is 33.3 Å². The number of nitrogens with zero attached hydrogens (tertiary/aromatic N) is 1. The number of hydrogen-bond acceptors (Lipinski definition) is 9. The molecular weight excluding hydrogens is 781 g/mol. The van der Waals surface area contributed by atoms with E-state index in [0.29, 0.717) is 72.6 Å². The van der Waals surface area contributed by atoms with Crippen molar-refractivity contribution in [1.82, 2.24) is 15.6 Å². The third-order valence-corrected chi connectivity index (χ3v) is 15.4. The number of aliphatic hydroxyl groups excluding tert-OH is 3. The number of benzene rings is 1. The summed E-state index contributed by atoms with van der Waals surface area (Å²) in [5.74, 6) is 7.56. The van der Waals surface area contributed by atoms with E-state index in [1.165, 1.54) is 62.6 Å². The Hall–Kier alpha value is -3.55. The average Bonchev–Trinajstić information content (AvgIpc) is 3.98. The molecule has 344 valence electrons. The number of fused-ring (bicyclic) bond motifs is 4. The molecule has 3 fully saturated rings. The first-order valence-electron chi connectivity index (χ1n) is 24.1. The van der Waals surface area contributed by atoms with E-state index < -0.39 is 12.2 Å². The van der Waals surface area contributed by atoms with Crippen molar-refractivity contribution in [3.8, 4) is 11.5 Å². The number of ether oxygens (including phenoxy) is 1. The molecule has 0 amide bonds. The van der Waals surface area contributed by atoms with E-state index in [9.17, 15) is 20.4 Å². The highest BCUT2D eigenvalue weighted by Gasteiger charge is 2.41. The number of phenols is 1. The van der Waals surface area contributed by atoms with Gasteiger partial charge in [-0.3, -0.25) is 4.99 Å². The second-order valence-corrected chi connectivity index (χ2v) is 19.9. The number of guanidine groups is 1. The van der Waals surface area contributed by atoms with Crippen LogP contribution in [0.5, 0.6) is 11.5 Å². The van der Waals surface area contributed by atoms with Gasteiger partial charge >= 0.3 is 0 Å². The van der Waals surface area contributed by atoms with Crippen LogP contribution in [-0.4, -0.2) is 76.8 Å². The smallest absolute Gasteiger partial charge is 0.188 e. The lowest BCUT2D eigenvalue weighted by Crippen LogP contribution is -2.39. The third kappa shape index (κ3) is 12.0. The van der Waals surface area contributed by atoms with Crippen LogP contribution >= 0.6 is 0 Å². The molecule has 4 aliphatic rings. The van der Waals surface area contributed by atoms with Crippen molar-refractivity contribution in [3.05, 3.63) is 69.9 Å². The highest BCUT2D eigenvalue weighted by Crippen LogP contribution is 2.49. The van der Waals surface area contributed by atoms with Crippen LogP contribution in [0.2, 0.25) is 0 Å². The fourth-order valence-corrected chi connectivity index (χ4v) is 12.0. The van der Waals surface area contributed by atoms with Gasteiger partial charge in [-0.25, -0.2) is 0 Å². The molecule has 2 aromatic heterocycles. The number of aliphatic imine (C=N–C) groups is 1. The number of aromatic hydroxyl groups is 1. The lowest BCUT2D eigenvalue weighted by molar-refractivity contribution is 0.103. The summed E-state index contributed by atoms with van der Waals surface area (Å²) < 4.78 is 12.5. The lowest BCUT2D eigenvalue weighted by atomic mass is 9.67. The maximum absolute atomic E-state index is 11.3. The van der Waals surface area contributed by atoms with Crippen LogP contribution in [0.4, 0.5) is 0 Å². The van der Waals surface area contributed by atoms with Crippen molar-refractivity contribution in [1.29, 1.82) is 0 Å². The largest absolute Gasteiger partial charge is 0.504 e. The molecule has 3 aromatic rings. The number of aromatic amines is 1. The molecular formula is C50H78N6O6. The molecule has 0 radical (unpaired) electrons. The Balaban J connectivity index is 0.911. The molecule has 12 heteroatoms. The number of H-pyrrole nitrogens is 1. The molecule has 4 aliphatic carbocycles. The Morgan fingerprint density at radius 3 is 2.61 bits per heavy atom. The van der Waals surface area contributed by atoms with Crippen LogP contribution in [0.1, 0.15) is 143 Å². The van der Waals surface area contributed by atoms with E-state index in [1.807, 2.05) is 25.1 Å². The molecule has 1 aromatic carbocycles. The van der Waals surface area contributed by atoms with E-state index in [-0.39, 0.29) is 19.0 Å². The maximum atomic E-state index is 11.3. The topological polar surface area (TPSA) is 208 Å². The number of aromatic nitrogens is 1. The van der Waals surface area contributed by atoms with Crippen molar-refractivity contribution >= 4 is 5.96 Å². The zero-order valence-corrected chi connectivity index (χ0v) is 37.8. The predicted octanol–water partition coefficient (Wildman–Crippen LogP) is 6.77. The molecule has 62 heavy (non-hydrogen) atoms. The first-order chi connectivity index (χ1) is 30.0. The second-order valence-electron chi connectivity index (χ2n) is 19.9. The number of nitrogens with one attached hydrogen (secondary N) is 3. The van der Waals surface area contributed by atoms with Gasteiger partial charge in [0.15, 0.2) is 17.5 Å². The third-order valence-electron chi connectivity index (χ3n) is 15.4. The highest BCUT2D eigenvalue weighted by atomic mass is 16.5. The monoisotopic (exact) mass is 859 g/mol. The summed E-state index contributed by atoms with van der Waals surface area (Å²) >= 11 is 0. The minimum absolute atomic E-state index is 0.00669. The predicted molar refractivity (Wildman–Crippen MR) is 245 cm³/mol. The van der Waals surface area contributed by atoms with Crippen molar-refractivity contribution < 1.29 is 29.6 Å². The van der Waals surface area contributed by atoms with E-state index in [2.05, 4.69) is 33.6 Å². The molecule has 7 rings (SSSR count). The zero-order chi connectivity index (χ0) is 43.8. The van der Waals surface area contributed by atoms with Gasteiger partial charge in [-0.2, -0.15) is 0 Å². The Morgan fingerprint density at radius 2 is 1.81 bits per heavy atom. The highest BCUT2D eigenvalue weighted by molar-refractivity contribution is 5.77. The Kier molecular flexibility index (Phi) is 16.4. The van der Waals surface area contributed by atoms with E-state index >= 15 is 0 Å². The molecule has 0 saturated heterocycles. The summed E-state index contributed by atoms with van der Waals surface area (Å²) in [6, 6.07) is 9.84. The number of hydrogen-bond donors (Lipinski definition) is 9. The first kappa shape index (κ1) is 46.4. The van der Waals surface area contributed by atoms with Crippen molar-refractivity contribution in [2.24, 2.45) is 57.9 Å². The van der Waals surface area contributed by atoms with E-state index in [1.54, 1.807) is 13.1 Å². The number of nitrogens with two attached hydrogens (primary N) is 2. The van der Waals surface area contributed by atoms with Crippen molar-refractivity contribution in [3.63, 3.8) is 0 Å². The Bertz CT molecular complexity index is 1890. The minimum Gasteiger partial charge on any atom is -0.504 e. The minimum atomic E-state index is -0.881. The van der Waals surface area contributed by atoms with Crippen LogP contribution in [0.3, 0.4) is 0 Å². The van der Waals surface area contributed by atoms with E-state index in [4.69, 9.17) is 20.6 Å². The number of aryl methyl sites for hydroxylation is 4. The molecule has 2 bridgehead atoms. The van der Waals surface area contributed by atoms with Crippen LogP contribution in [0.25, 0.3) is 0 Å². The van der Waals surface area contributed by atoms with Gasteiger partial charge in [0.25, 0.3) is 0 Å². The quantitative estimate of drug-likeness (QED) is 0.0430. The molecule has 11 atom stereocenters. The normalized spacial score (nSPS) is 27.8. The van der Waals surface area contributed by atoms with Gasteiger partial charge in [0.2, 0.25) is 0 Å². The number of aliphatic hydroxyl groups is 3. The molecule has 2 heterocycles. The van der Waals surface area contributed by atoms with Crippen LogP contribution in [-0.2, 0) is 32.3 Å². The van der Waals surface area contributed by atoms with Gasteiger partial charge in [0.05, 0.1) is 12.7 Å². The molecule has 0 spiro atoms. The molecule has 11 unspecified atom stereocenters. The SMILES string of the molecule is CN=C(N)NCC(C)CCC1C2CCC(CCc3oc(CCc4ccc(O)c(OCC(O)c5cc6c([nH]5)CCC5CCCC5C6CNCC(C)O)c4)cc3CO)CC1CC(N)C2.